The molecule has 4 heteroatoms. The number of aromatic hydroxyl groups is 1. The molecule has 0 radical (unpaired) electrons. The Morgan fingerprint density at radius 2 is 1.38 bits per heavy atom. The Morgan fingerprint density at radius 1 is 0.812 bits per heavy atom. The Kier molecular flexibility index (Phi) is 6.54. The summed E-state index contributed by atoms with van der Waals surface area (Å²) in [6.07, 6.45) is 1.80. The van der Waals surface area contributed by atoms with Crippen LogP contribution in [0, 0.1) is 0 Å². The van der Waals surface area contributed by atoms with E-state index in [2.05, 4.69) is 93.1 Å². The SMILES string of the molecule is CN(C)c1ccc(C(Nc2ccccn2)c2cc(C(C)(C)C)c(O)c(C(C)(C)C)c2)cc1. The third-order valence-electron chi connectivity index (χ3n) is 5.78. The fourth-order valence-electron chi connectivity index (χ4n) is 3.89. The van der Waals surface area contributed by atoms with Crippen molar-refractivity contribution in [2.24, 2.45) is 0 Å². The first kappa shape index (κ1) is 23.6. The summed E-state index contributed by atoms with van der Waals surface area (Å²) < 4.78 is 0. The third-order valence-corrected chi connectivity index (χ3v) is 5.78. The second kappa shape index (κ2) is 8.85. The molecule has 2 N–H and O–H groups in total. The standard InChI is InChI=1S/C28H37N3O/c1-27(2,3)22-17-20(18-23(26(22)32)28(4,5)6)25(30-24-11-9-10-16-29-24)19-12-14-21(15-13-19)31(7)8/h9-18,25,32H,1-8H3,(H,29,30). The van der Waals surface area contributed by atoms with Gasteiger partial charge in [0.25, 0.3) is 0 Å². The van der Waals surface area contributed by atoms with Crippen molar-refractivity contribution in [1.29, 1.82) is 0 Å². The van der Waals surface area contributed by atoms with Gasteiger partial charge in [0.15, 0.2) is 0 Å². The minimum Gasteiger partial charge on any atom is -0.507 e. The van der Waals surface area contributed by atoms with Crippen LogP contribution < -0.4 is 10.2 Å². The second-order valence-corrected chi connectivity index (χ2v) is 10.7. The van der Waals surface area contributed by atoms with Crippen LogP contribution in [-0.4, -0.2) is 24.2 Å². The maximum Gasteiger partial charge on any atom is 0.126 e. The van der Waals surface area contributed by atoms with Crippen LogP contribution in [0.4, 0.5) is 11.5 Å². The Bertz CT molecular complexity index is 1010. The fraction of sp³-hybridized carbons (Fsp3) is 0.393. The Hall–Kier alpha value is -3.01. The maximum atomic E-state index is 11.2. The van der Waals surface area contributed by atoms with E-state index in [1.807, 2.05) is 32.3 Å². The number of phenols is 1. The van der Waals surface area contributed by atoms with E-state index in [9.17, 15) is 5.11 Å². The molecule has 3 rings (SSSR count). The molecule has 32 heavy (non-hydrogen) atoms. The lowest BCUT2D eigenvalue weighted by molar-refractivity contribution is 0.422. The monoisotopic (exact) mass is 431 g/mol. The molecule has 0 amide bonds. The van der Waals surface area contributed by atoms with Crippen molar-refractivity contribution >= 4 is 11.5 Å². The first-order valence-corrected chi connectivity index (χ1v) is 11.2. The molecular weight excluding hydrogens is 394 g/mol. The summed E-state index contributed by atoms with van der Waals surface area (Å²) in [6, 6.07) is 18.7. The Balaban J connectivity index is 2.21. The molecule has 4 nitrogen and oxygen atoms in total. The Labute approximate surface area is 193 Å². The predicted octanol–water partition coefficient (Wildman–Crippen LogP) is 6.65. The lowest BCUT2D eigenvalue weighted by atomic mass is 9.77. The van der Waals surface area contributed by atoms with E-state index in [-0.39, 0.29) is 16.9 Å². The fourth-order valence-corrected chi connectivity index (χ4v) is 3.89. The summed E-state index contributed by atoms with van der Waals surface area (Å²) in [7, 11) is 4.09. The molecule has 0 fully saturated rings. The van der Waals surface area contributed by atoms with Crippen molar-refractivity contribution in [3.8, 4) is 5.75 Å². The average molecular weight is 432 g/mol. The topological polar surface area (TPSA) is 48.4 Å². The van der Waals surface area contributed by atoms with Crippen LogP contribution in [-0.2, 0) is 10.8 Å². The van der Waals surface area contributed by atoms with Crippen LogP contribution in [0.25, 0.3) is 0 Å². The summed E-state index contributed by atoms with van der Waals surface area (Å²) in [6.45, 7) is 12.9. The molecule has 1 aromatic heterocycles. The van der Waals surface area contributed by atoms with Crippen molar-refractivity contribution in [2.75, 3.05) is 24.3 Å². The zero-order valence-corrected chi connectivity index (χ0v) is 20.7. The van der Waals surface area contributed by atoms with E-state index in [0.717, 1.165) is 33.8 Å². The number of hydrogen-bond acceptors (Lipinski definition) is 4. The van der Waals surface area contributed by atoms with Gasteiger partial charge in [-0.05, 0) is 69.5 Å². The number of pyridine rings is 1. The van der Waals surface area contributed by atoms with Gasteiger partial charge in [0.05, 0.1) is 6.04 Å². The van der Waals surface area contributed by atoms with Crippen LogP contribution in [0.1, 0.15) is 69.8 Å². The van der Waals surface area contributed by atoms with Crippen molar-refractivity contribution in [1.82, 2.24) is 4.98 Å². The summed E-state index contributed by atoms with van der Waals surface area (Å²) in [5, 5.41) is 14.8. The lowest BCUT2D eigenvalue weighted by Crippen LogP contribution is -2.20. The van der Waals surface area contributed by atoms with Crippen LogP contribution >= 0.6 is 0 Å². The zero-order valence-electron chi connectivity index (χ0n) is 20.7. The highest BCUT2D eigenvalue weighted by atomic mass is 16.3. The molecule has 3 aromatic rings. The van der Waals surface area contributed by atoms with E-state index in [1.165, 1.54) is 0 Å². The molecule has 170 valence electrons. The van der Waals surface area contributed by atoms with Gasteiger partial charge in [-0.2, -0.15) is 0 Å². The van der Waals surface area contributed by atoms with Gasteiger partial charge >= 0.3 is 0 Å². The van der Waals surface area contributed by atoms with Crippen molar-refractivity contribution < 1.29 is 5.11 Å². The average Bonchev–Trinajstić information content (AvgIpc) is 2.71. The van der Waals surface area contributed by atoms with Crippen LogP contribution in [0.15, 0.2) is 60.8 Å². The van der Waals surface area contributed by atoms with E-state index in [0.29, 0.717) is 5.75 Å². The minimum absolute atomic E-state index is 0.107. The normalized spacial score (nSPS) is 13.0. The van der Waals surface area contributed by atoms with Crippen molar-refractivity contribution in [3.05, 3.63) is 83.0 Å². The van der Waals surface area contributed by atoms with Gasteiger partial charge in [0, 0.05) is 26.0 Å². The van der Waals surface area contributed by atoms with Gasteiger partial charge < -0.3 is 15.3 Å². The molecule has 0 saturated heterocycles. The van der Waals surface area contributed by atoms with E-state index in [1.54, 1.807) is 6.20 Å². The van der Waals surface area contributed by atoms with Gasteiger partial charge in [-0.15, -0.1) is 0 Å². The quantitative estimate of drug-likeness (QED) is 0.475. The number of nitrogens with zero attached hydrogens (tertiary/aromatic N) is 2. The van der Waals surface area contributed by atoms with E-state index >= 15 is 0 Å². The van der Waals surface area contributed by atoms with Gasteiger partial charge in [0.2, 0.25) is 0 Å². The number of anilines is 2. The first-order chi connectivity index (χ1) is 14.9. The number of nitrogens with one attached hydrogen (secondary N) is 1. The largest absolute Gasteiger partial charge is 0.507 e. The molecule has 1 atom stereocenters. The van der Waals surface area contributed by atoms with Crippen molar-refractivity contribution in [2.45, 2.75) is 58.4 Å². The molecule has 1 unspecified atom stereocenters. The lowest BCUT2D eigenvalue weighted by Gasteiger charge is -2.30. The molecule has 1 heterocycles. The highest BCUT2D eigenvalue weighted by molar-refractivity contribution is 5.55. The molecule has 0 spiro atoms. The van der Waals surface area contributed by atoms with Crippen LogP contribution in [0.2, 0.25) is 0 Å². The van der Waals surface area contributed by atoms with Crippen LogP contribution in [0.3, 0.4) is 0 Å². The van der Waals surface area contributed by atoms with Gasteiger partial charge in [-0.1, -0.05) is 59.7 Å². The molecule has 0 saturated carbocycles. The summed E-state index contributed by atoms with van der Waals surface area (Å²) in [4.78, 5) is 6.60. The van der Waals surface area contributed by atoms with E-state index in [4.69, 9.17) is 0 Å². The van der Waals surface area contributed by atoms with Gasteiger partial charge in [-0.3, -0.25) is 0 Å². The number of aromatic nitrogens is 1. The molecule has 0 aliphatic rings. The van der Waals surface area contributed by atoms with Gasteiger partial charge in [-0.25, -0.2) is 4.98 Å². The third kappa shape index (κ3) is 5.24. The Morgan fingerprint density at radius 3 is 1.81 bits per heavy atom. The second-order valence-electron chi connectivity index (χ2n) is 10.7. The number of benzene rings is 2. The molecule has 0 aliphatic carbocycles. The minimum atomic E-state index is -0.190. The molecule has 0 aliphatic heterocycles. The number of hydrogen-bond donors (Lipinski definition) is 2. The van der Waals surface area contributed by atoms with Crippen molar-refractivity contribution in [3.63, 3.8) is 0 Å². The molecule has 0 bridgehead atoms. The van der Waals surface area contributed by atoms with E-state index < -0.39 is 0 Å². The molecular formula is C28H37N3O. The van der Waals surface area contributed by atoms with Gasteiger partial charge in [0.1, 0.15) is 11.6 Å². The first-order valence-electron chi connectivity index (χ1n) is 11.2. The number of phenolic OH excluding ortho intramolecular Hbond substituents is 1. The summed E-state index contributed by atoms with van der Waals surface area (Å²) in [5.74, 6) is 1.21. The zero-order chi connectivity index (χ0) is 23.7. The maximum absolute atomic E-state index is 11.2. The van der Waals surface area contributed by atoms with Crippen LogP contribution in [0.5, 0.6) is 5.75 Å². The summed E-state index contributed by atoms with van der Waals surface area (Å²) in [5.41, 5.74) is 4.94. The predicted molar refractivity (Wildman–Crippen MR) is 136 cm³/mol. The number of rotatable bonds is 5. The summed E-state index contributed by atoms with van der Waals surface area (Å²) >= 11 is 0. The molecule has 2 aromatic carbocycles. The smallest absolute Gasteiger partial charge is 0.126 e. The highest BCUT2D eigenvalue weighted by Gasteiger charge is 2.28. The highest BCUT2D eigenvalue weighted by Crippen LogP contribution is 2.42.